The van der Waals surface area contributed by atoms with Crippen LogP contribution in [0, 0.1) is 0 Å². The summed E-state index contributed by atoms with van der Waals surface area (Å²) in [5.74, 6) is 1.32. The van der Waals surface area contributed by atoms with Crippen LogP contribution in [0.5, 0.6) is 11.5 Å². The Labute approximate surface area is 195 Å². The number of carbonyl (C=O) groups excluding carboxylic acids is 1. The maximum absolute atomic E-state index is 12.5. The second-order valence-corrected chi connectivity index (χ2v) is 8.27. The number of anilines is 2. The SMILES string of the molecule is CCCCC(=O)Nc1c(Cl)nc2ccc(Br)cc2c1NCc1ccc(OC)cc1OC. The monoisotopic (exact) mass is 505 g/mol. The van der Waals surface area contributed by atoms with E-state index in [9.17, 15) is 4.79 Å². The van der Waals surface area contributed by atoms with Gasteiger partial charge in [0.15, 0.2) is 5.15 Å². The highest BCUT2D eigenvalue weighted by Crippen LogP contribution is 2.38. The quantitative estimate of drug-likeness (QED) is 0.328. The van der Waals surface area contributed by atoms with Crippen LogP contribution < -0.4 is 20.1 Å². The number of benzene rings is 2. The van der Waals surface area contributed by atoms with Crippen molar-refractivity contribution in [3.05, 3.63) is 51.6 Å². The lowest BCUT2D eigenvalue weighted by Crippen LogP contribution is -2.14. The zero-order valence-corrected chi connectivity index (χ0v) is 20.1. The molecular weight excluding hydrogens is 482 g/mol. The summed E-state index contributed by atoms with van der Waals surface area (Å²) in [6.07, 6.45) is 2.17. The summed E-state index contributed by atoms with van der Waals surface area (Å²) in [7, 11) is 3.23. The third-order valence-corrected chi connectivity index (χ3v) is 5.64. The maximum atomic E-state index is 12.5. The first kappa shape index (κ1) is 23.2. The molecule has 0 unspecified atom stereocenters. The third kappa shape index (κ3) is 5.60. The molecule has 0 saturated heterocycles. The predicted molar refractivity (Wildman–Crippen MR) is 129 cm³/mol. The molecule has 0 spiro atoms. The number of ether oxygens (including phenoxy) is 2. The number of halogens is 2. The van der Waals surface area contributed by atoms with Gasteiger partial charge in [-0.1, -0.05) is 40.9 Å². The number of pyridine rings is 1. The molecule has 0 atom stereocenters. The Morgan fingerprint density at radius 3 is 2.65 bits per heavy atom. The molecule has 0 aliphatic carbocycles. The number of hydrogen-bond acceptors (Lipinski definition) is 5. The highest BCUT2D eigenvalue weighted by molar-refractivity contribution is 9.10. The summed E-state index contributed by atoms with van der Waals surface area (Å²) in [5.41, 5.74) is 2.84. The van der Waals surface area contributed by atoms with Crippen molar-refractivity contribution >= 4 is 55.7 Å². The number of amides is 1. The lowest BCUT2D eigenvalue weighted by atomic mass is 10.1. The Morgan fingerprint density at radius 1 is 1.13 bits per heavy atom. The molecule has 1 heterocycles. The van der Waals surface area contributed by atoms with Crippen LogP contribution in [0.3, 0.4) is 0 Å². The molecule has 0 aliphatic rings. The number of aromatic nitrogens is 1. The van der Waals surface area contributed by atoms with Gasteiger partial charge in [-0.3, -0.25) is 4.79 Å². The number of methoxy groups -OCH3 is 2. The molecule has 164 valence electrons. The largest absolute Gasteiger partial charge is 0.497 e. The van der Waals surface area contributed by atoms with Gasteiger partial charge in [0.2, 0.25) is 5.91 Å². The van der Waals surface area contributed by atoms with Gasteiger partial charge in [-0.15, -0.1) is 0 Å². The molecule has 0 saturated carbocycles. The topological polar surface area (TPSA) is 72.5 Å². The van der Waals surface area contributed by atoms with E-state index in [2.05, 4.69) is 31.5 Å². The molecule has 6 nitrogen and oxygen atoms in total. The fourth-order valence-electron chi connectivity index (χ4n) is 3.22. The molecule has 2 aromatic carbocycles. The van der Waals surface area contributed by atoms with Crippen LogP contribution >= 0.6 is 27.5 Å². The fourth-order valence-corrected chi connectivity index (χ4v) is 3.82. The van der Waals surface area contributed by atoms with E-state index in [0.29, 0.717) is 35.8 Å². The molecule has 1 aromatic heterocycles. The molecule has 2 N–H and O–H groups in total. The minimum atomic E-state index is -0.0926. The molecule has 0 aliphatic heterocycles. The van der Waals surface area contributed by atoms with Crippen molar-refractivity contribution in [2.75, 3.05) is 24.9 Å². The molecule has 0 fully saturated rings. The summed E-state index contributed by atoms with van der Waals surface area (Å²) in [6, 6.07) is 11.4. The smallest absolute Gasteiger partial charge is 0.224 e. The lowest BCUT2D eigenvalue weighted by Gasteiger charge is -2.18. The van der Waals surface area contributed by atoms with Crippen LogP contribution in [0.25, 0.3) is 10.9 Å². The average molecular weight is 507 g/mol. The summed E-state index contributed by atoms with van der Waals surface area (Å²) < 4.78 is 11.7. The number of carbonyl (C=O) groups is 1. The summed E-state index contributed by atoms with van der Waals surface area (Å²) in [4.78, 5) is 16.9. The van der Waals surface area contributed by atoms with E-state index in [4.69, 9.17) is 21.1 Å². The zero-order valence-electron chi connectivity index (χ0n) is 17.7. The number of rotatable bonds is 9. The van der Waals surface area contributed by atoms with Crippen LogP contribution in [-0.4, -0.2) is 25.1 Å². The molecular formula is C23H25BrClN3O3. The van der Waals surface area contributed by atoms with Crippen LogP contribution in [0.1, 0.15) is 31.7 Å². The summed E-state index contributed by atoms with van der Waals surface area (Å²) in [5, 5.41) is 7.46. The van der Waals surface area contributed by atoms with Gasteiger partial charge >= 0.3 is 0 Å². The van der Waals surface area contributed by atoms with E-state index >= 15 is 0 Å². The van der Waals surface area contributed by atoms with Crippen LogP contribution in [0.4, 0.5) is 11.4 Å². The molecule has 3 aromatic rings. The van der Waals surface area contributed by atoms with Gasteiger partial charge in [0.05, 0.1) is 25.4 Å². The first-order valence-electron chi connectivity index (χ1n) is 10.00. The standard InChI is InChI=1S/C23H25BrClN3O3/c1-4-5-6-20(29)28-22-21(17-11-15(24)8-10-18(17)27-23(22)25)26-13-14-7-9-16(30-2)12-19(14)31-3/h7-12H,4-6,13H2,1-3H3,(H,26,27)(H,28,29). The van der Waals surface area contributed by atoms with Crippen LogP contribution in [0.2, 0.25) is 5.15 Å². The Morgan fingerprint density at radius 2 is 1.94 bits per heavy atom. The van der Waals surface area contributed by atoms with Crippen molar-refractivity contribution in [1.82, 2.24) is 4.98 Å². The van der Waals surface area contributed by atoms with Gasteiger partial charge in [-0.25, -0.2) is 4.98 Å². The highest BCUT2D eigenvalue weighted by atomic mass is 79.9. The van der Waals surface area contributed by atoms with Gasteiger partial charge in [0.25, 0.3) is 0 Å². The van der Waals surface area contributed by atoms with Gasteiger partial charge in [0, 0.05) is 34.5 Å². The van der Waals surface area contributed by atoms with Crippen molar-refractivity contribution in [3.8, 4) is 11.5 Å². The Bertz CT molecular complexity index is 1090. The number of nitrogens with one attached hydrogen (secondary N) is 2. The fraction of sp³-hybridized carbons (Fsp3) is 0.304. The highest BCUT2D eigenvalue weighted by Gasteiger charge is 2.17. The first-order chi connectivity index (χ1) is 15.0. The van der Waals surface area contributed by atoms with E-state index in [1.54, 1.807) is 14.2 Å². The van der Waals surface area contributed by atoms with Crippen molar-refractivity contribution in [2.45, 2.75) is 32.7 Å². The molecule has 3 rings (SSSR count). The summed E-state index contributed by atoms with van der Waals surface area (Å²) in [6.45, 7) is 2.50. The van der Waals surface area contributed by atoms with E-state index < -0.39 is 0 Å². The lowest BCUT2D eigenvalue weighted by molar-refractivity contribution is -0.116. The molecule has 0 radical (unpaired) electrons. The Kier molecular flexibility index (Phi) is 7.98. The molecule has 1 amide bonds. The minimum absolute atomic E-state index is 0.0926. The number of hydrogen-bond donors (Lipinski definition) is 2. The summed E-state index contributed by atoms with van der Waals surface area (Å²) >= 11 is 10.0. The Hall–Kier alpha value is -2.51. The average Bonchev–Trinajstić information content (AvgIpc) is 2.77. The van der Waals surface area contributed by atoms with E-state index in [-0.39, 0.29) is 11.1 Å². The van der Waals surface area contributed by atoms with Crippen LogP contribution in [-0.2, 0) is 11.3 Å². The van der Waals surface area contributed by atoms with Crippen molar-refractivity contribution in [2.24, 2.45) is 0 Å². The van der Waals surface area contributed by atoms with E-state index in [0.717, 1.165) is 33.8 Å². The second kappa shape index (κ2) is 10.7. The van der Waals surface area contributed by atoms with Gasteiger partial charge in [-0.2, -0.15) is 0 Å². The molecule has 8 heteroatoms. The van der Waals surface area contributed by atoms with Gasteiger partial charge in [0.1, 0.15) is 17.2 Å². The number of nitrogens with zero attached hydrogens (tertiary/aromatic N) is 1. The van der Waals surface area contributed by atoms with Gasteiger partial charge < -0.3 is 20.1 Å². The number of unbranched alkanes of at least 4 members (excludes halogenated alkanes) is 1. The minimum Gasteiger partial charge on any atom is -0.497 e. The maximum Gasteiger partial charge on any atom is 0.224 e. The molecule has 0 bridgehead atoms. The third-order valence-electron chi connectivity index (χ3n) is 4.87. The Balaban J connectivity index is 2.01. The normalized spacial score (nSPS) is 10.7. The second-order valence-electron chi connectivity index (χ2n) is 7.00. The van der Waals surface area contributed by atoms with Gasteiger partial charge in [-0.05, 0) is 36.8 Å². The van der Waals surface area contributed by atoms with Crippen molar-refractivity contribution in [3.63, 3.8) is 0 Å². The van der Waals surface area contributed by atoms with E-state index in [1.165, 1.54) is 0 Å². The first-order valence-corrected chi connectivity index (χ1v) is 11.2. The molecule has 31 heavy (non-hydrogen) atoms. The van der Waals surface area contributed by atoms with E-state index in [1.807, 2.05) is 43.3 Å². The van der Waals surface area contributed by atoms with Crippen LogP contribution in [0.15, 0.2) is 40.9 Å². The zero-order chi connectivity index (χ0) is 22.4. The predicted octanol–water partition coefficient (Wildman–Crippen LogP) is 6.41. The number of fused-ring (bicyclic) bond motifs is 1. The van der Waals surface area contributed by atoms with Crippen molar-refractivity contribution in [1.29, 1.82) is 0 Å². The van der Waals surface area contributed by atoms with Crippen molar-refractivity contribution < 1.29 is 14.3 Å².